The van der Waals surface area contributed by atoms with Crippen molar-refractivity contribution in [3.05, 3.63) is 30.3 Å². The summed E-state index contributed by atoms with van der Waals surface area (Å²) in [4.78, 5) is 24.5. The maximum absolute atomic E-state index is 12.4. The van der Waals surface area contributed by atoms with Crippen LogP contribution in [-0.2, 0) is 19.6 Å². The lowest BCUT2D eigenvalue weighted by molar-refractivity contribution is -0.135. The highest BCUT2D eigenvalue weighted by Crippen LogP contribution is 2.17. The molecule has 1 aliphatic rings. The molecule has 7 heteroatoms. The summed E-state index contributed by atoms with van der Waals surface area (Å²) in [6, 6.07) is 8.24. The van der Waals surface area contributed by atoms with Gasteiger partial charge in [-0.1, -0.05) is 18.2 Å². The average Bonchev–Trinajstić information content (AvgIpc) is 2.47. The van der Waals surface area contributed by atoms with Crippen LogP contribution in [0.3, 0.4) is 0 Å². The van der Waals surface area contributed by atoms with Crippen molar-refractivity contribution in [3.8, 4) is 0 Å². The van der Waals surface area contributed by atoms with Crippen LogP contribution in [0.2, 0.25) is 0 Å². The Bertz CT molecular complexity index is 620. The second-order valence-electron chi connectivity index (χ2n) is 4.98. The molecule has 1 heterocycles. The molecule has 0 saturated carbocycles. The Balaban J connectivity index is 2.01. The molecule has 0 spiro atoms. The van der Waals surface area contributed by atoms with E-state index in [0.717, 1.165) is 0 Å². The van der Waals surface area contributed by atoms with Crippen LogP contribution in [0.15, 0.2) is 35.2 Å². The second kappa shape index (κ2) is 6.36. The van der Waals surface area contributed by atoms with Gasteiger partial charge in [0.1, 0.15) is 5.78 Å². The van der Waals surface area contributed by atoms with E-state index in [1.165, 1.54) is 11.2 Å². The molecule has 1 aliphatic heterocycles. The van der Waals surface area contributed by atoms with Crippen molar-refractivity contribution in [1.82, 2.24) is 9.21 Å². The van der Waals surface area contributed by atoms with Gasteiger partial charge in [-0.25, -0.2) is 8.42 Å². The SMILES string of the molecule is CC(=O)CC(=O)N1CCN(S(=O)(=O)c2ccccc2)CC1. The molecule has 2 rings (SSSR count). The topological polar surface area (TPSA) is 74.8 Å². The smallest absolute Gasteiger partial charge is 0.243 e. The fraction of sp³-hybridized carbons (Fsp3) is 0.429. The molecular weight excluding hydrogens is 292 g/mol. The number of carbonyl (C=O) groups excluding carboxylic acids is 2. The number of nitrogens with zero attached hydrogens (tertiary/aromatic N) is 2. The lowest BCUT2D eigenvalue weighted by Crippen LogP contribution is -2.50. The van der Waals surface area contributed by atoms with Crippen LogP contribution in [0.1, 0.15) is 13.3 Å². The fourth-order valence-electron chi connectivity index (χ4n) is 2.24. The van der Waals surface area contributed by atoms with Gasteiger partial charge in [0.25, 0.3) is 0 Å². The number of sulfonamides is 1. The lowest BCUT2D eigenvalue weighted by Gasteiger charge is -2.33. The van der Waals surface area contributed by atoms with Crippen molar-refractivity contribution in [2.45, 2.75) is 18.2 Å². The first-order chi connectivity index (χ1) is 9.91. The first kappa shape index (κ1) is 15.7. The van der Waals surface area contributed by atoms with Gasteiger partial charge in [-0.2, -0.15) is 4.31 Å². The molecule has 0 bridgehead atoms. The zero-order valence-corrected chi connectivity index (χ0v) is 12.7. The van der Waals surface area contributed by atoms with Crippen LogP contribution >= 0.6 is 0 Å². The molecule has 1 saturated heterocycles. The summed E-state index contributed by atoms with van der Waals surface area (Å²) in [6.45, 7) is 2.51. The van der Waals surface area contributed by atoms with E-state index in [-0.39, 0.29) is 36.1 Å². The fourth-order valence-corrected chi connectivity index (χ4v) is 3.69. The maximum Gasteiger partial charge on any atom is 0.243 e. The Morgan fingerprint density at radius 2 is 1.62 bits per heavy atom. The average molecular weight is 310 g/mol. The third kappa shape index (κ3) is 3.68. The minimum atomic E-state index is -3.51. The van der Waals surface area contributed by atoms with Gasteiger partial charge < -0.3 is 4.90 Å². The molecule has 0 radical (unpaired) electrons. The molecule has 6 nitrogen and oxygen atoms in total. The molecule has 1 aromatic carbocycles. The van der Waals surface area contributed by atoms with Gasteiger partial charge in [0.05, 0.1) is 11.3 Å². The van der Waals surface area contributed by atoms with E-state index in [1.54, 1.807) is 35.2 Å². The highest BCUT2D eigenvalue weighted by Gasteiger charge is 2.29. The first-order valence-electron chi connectivity index (χ1n) is 6.73. The zero-order valence-electron chi connectivity index (χ0n) is 11.9. The number of rotatable bonds is 4. The molecule has 0 atom stereocenters. The summed E-state index contributed by atoms with van der Waals surface area (Å²) >= 11 is 0. The summed E-state index contributed by atoms with van der Waals surface area (Å²) in [5, 5.41) is 0. The highest BCUT2D eigenvalue weighted by atomic mass is 32.2. The number of piperazine rings is 1. The van der Waals surface area contributed by atoms with Crippen molar-refractivity contribution < 1.29 is 18.0 Å². The number of hydrogen-bond donors (Lipinski definition) is 0. The monoisotopic (exact) mass is 310 g/mol. The first-order valence-corrected chi connectivity index (χ1v) is 8.17. The van der Waals surface area contributed by atoms with Crippen molar-refractivity contribution in [3.63, 3.8) is 0 Å². The van der Waals surface area contributed by atoms with E-state index in [2.05, 4.69) is 0 Å². The van der Waals surface area contributed by atoms with E-state index in [9.17, 15) is 18.0 Å². The van der Waals surface area contributed by atoms with Gasteiger partial charge >= 0.3 is 0 Å². The maximum atomic E-state index is 12.4. The van der Waals surface area contributed by atoms with Crippen molar-refractivity contribution in [1.29, 1.82) is 0 Å². The summed E-state index contributed by atoms with van der Waals surface area (Å²) in [5.74, 6) is -0.418. The third-order valence-electron chi connectivity index (χ3n) is 3.37. The molecule has 1 aromatic rings. The normalized spacial score (nSPS) is 16.7. The van der Waals surface area contributed by atoms with E-state index in [0.29, 0.717) is 13.1 Å². The Morgan fingerprint density at radius 1 is 1.05 bits per heavy atom. The summed E-state index contributed by atoms with van der Waals surface area (Å²) in [7, 11) is -3.51. The Hall–Kier alpha value is -1.73. The Morgan fingerprint density at radius 3 is 2.14 bits per heavy atom. The molecule has 0 unspecified atom stereocenters. The quantitative estimate of drug-likeness (QED) is 0.759. The standard InChI is InChI=1S/C14H18N2O4S/c1-12(17)11-14(18)15-7-9-16(10-8-15)21(19,20)13-5-3-2-4-6-13/h2-6H,7-11H2,1H3. The van der Waals surface area contributed by atoms with Gasteiger partial charge in [0.2, 0.25) is 15.9 Å². The third-order valence-corrected chi connectivity index (χ3v) is 5.29. The molecule has 1 fully saturated rings. The van der Waals surface area contributed by atoms with Crippen LogP contribution in [0.4, 0.5) is 0 Å². The second-order valence-corrected chi connectivity index (χ2v) is 6.91. The van der Waals surface area contributed by atoms with Crippen molar-refractivity contribution >= 4 is 21.7 Å². The van der Waals surface area contributed by atoms with E-state index >= 15 is 0 Å². The molecule has 0 N–H and O–H groups in total. The number of benzene rings is 1. The van der Waals surface area contributed by atoms with E-state index in [4.69, 9.17) is 0 Å². The van der Waals surface area contributed by atoms with Crippen molar-refractivity contribution in [2.24, 2.45) is 0 Å². The van der Waals surface area contributed by atoms with E-state index in [1.807, 2.05) is 0 Å². The number of carbonyl (C=O) groups is 2. The number of Topliss-reactive ketones (excluding diaryl/α,β-unsaturated/α-hetero) is 1. The lowest BCUT2D eigenvalue weighted by atomic mass is 10.2. The number of hydrogen-bond acceptors (Lipinski definition) is 4. The predicted octanol–water partition coefficient (Wildman–Crippen LogP) is 0.499. The van der Waals surface area contributed by atoms with Gasteiger partial charge in [-0.05, 0) is 19.1 Å². The zero-order chi connectivity index (χ0) is 15.5. The molecule has 114 valence electrons. The highest BCUT2D eigenvalue weighted by molar-refractivity contribution is 7.89. The Labute approximate surface area is 124 Å². The summed E-state index contributed by atoms with van der Waals surface area (Å²) in [5.41, 5.74) is 0. The minimum Gasteiger partial charge on any atom is -0.340 e. The van der Waals surface area contributed by atoms with Crippen LogP contribution in [0.25, 0.3) is 0 Å². The van der Waals surface area contributed by atoms with E-state index < -0.39 is 10.0 Å². The van der Waals surface area contributed by atoms with Gasteiger partial charge in [0.15, 0.2) is 0 Å². The van der Waals surface area contributed by atoms with Crippen molar-refractivity contribution in [2.75, 3.05) is 26.2 Å². The largest absolute Gasteiger partial charge is 0.340 e. The van der Waals surface area contributed by atoms with Crippen LogP contribution in [0.5, 0.6) is 0 Å². The molecular formula is C14H18N2O4S. The van der Waals surface area contributed by atoms with Crippen LogP contribution < -0.4 is 0 Å². The summed E-state index contributed by atoms with van der Waals surface area (Å²) in [6.07, 6.45) is -0.120. The predicted molar refractivity (Wildman–Crippen MR) is 77.1 cm³/mol. The molecule has 0 aliphatic carbocycles. The van der Waals surface area contributed by atoms with Gasteiger partial charge in [0, 0.05) is 26.2 Å². The number of amides is 1. The summed E-state index contributed by atoms with van der Waals surface area (Å²) < 4.78 is 26.2. The Kier molecular flexibility index (Phi) is 4.74. The molecule has 1 amide bonds. The van der Waals surface area contributed by atoms with Gasteiger partial charge in [-0.15, -0.1) is 0 Å². The van der Waals surface area contributed by atoms with Crippen LogP contribution in [0, 0.1) is 0 Å². The molecule has 0 aromatic heterocycles. The number of ketones is 1. The molecule has 21 heavy (non-hydrogen) atoms. The minimum absolute atomic E-state index is 0.120. The van der Waals surface area contributed by atoms with Gasteiger partial charge in [-0.3, -0.25) is 9.59 Å². The van der Waals surface area contributed by atoms with Crippen LogP contribution in [-0.4, -0.2) is 55.5 Å².